The van der Waals surface area contributed by atoms with E-state index in [0.717, 1.165) is 0 Å². The van der Waals surface area contributed by atoms with Crippen molar-refractivity contribution in [1.82, 2.24) is 15.0 Å². The lowest BCUT2D eigenvalue weighted by molar-refractivity contribution is 0.514. The fraction of sp³-hybridized carbons (Fsp3) is 0.778. The molecule has 4 heteroatoms. The van der Waals surface area contributed by atoms with Gasteiger partial charge in [0, 0.05) is 6.04 Å². The van der Waals surface area contributed by atoms with Gasteiger partial charge in [-0.15, -0.1) is 5.10 Å². The molecule has 0 unspecified atom stereocenters. The van der Waals surface area contributed by atoms with E-state index < -0.39 is 9.16 Å². The summed E-state index contributed by atoms with van der Waals surface area (Å²) in [5.74, 6) is 0. The quantitative estimate of drug-likeness (QED) is 0.743. The lowest BCUT2D eigenvalue weighted by atomic mass is 10.4. The van der Waals surface area contributed by atoms with E-state index >= 15 is 0 Å². The van der Waals surface area contributed by atoms with Gasteiger partial charge in [0.25, 0.3) is 0 Å². The summed E-state index contributed by atoms with van der Waals surface area (Å²) in [5.41, 5.74) is 0. The molecule has 0 amide bonds. The molecule has 1 heterocycles. The van der Waals surface area contributed by atoms with Crippen molar-refractivity contribution in [2.75, 3.05) is 25.0 Å². The standard InChI is InChI=1S/C9H21N3S/c1-8(2)12-7-9(10-11-12)13(3,4,5)6/h7-8,13H,1-6H3. The highest BCUT2D eigenvalue weighted by molar-refractivity contribution is 8.47. The second-order valence-electron chi connectivity index (χ2n) is 5.73. The first-order valence-corrected chi connectivity index (χ1v) is 8.62. The van der Waals surface area contributed by atoms with Crippen LogP contribution in [0.15, 0.2) is 11.2 Å². The van der Waals surface area contributed by atoms with Crippen molar-refractivity contribution < 1.29 is 0 Å². The van der Waals surface area contributed by atoms with Crippen LogP contribution in [0, 0.1) is 0 Å². The maximum absolute atomic E-state index is 4.25. The maximum atomic E-state index is 4.25. The molecular formula is C9H21N3S. The molecule has 1 rings (SSSR count). The summed E-state index contributed by atoms with van der Waals surface area (Å²) in [6.45, 7) is 4.23. The molecule has 3 nitrogen and oxygen atoms in total. The van der Waals surface area contributed by atoms with Crippen LogP contribution < -0.4 is 0 Å². The van der Waals surface area contributed by atoms with Gasteiger partial charge < -0.3 is 0 Å². The number of hydrogen-bond donors (Lipinski definition) is 1. The highest BCUT2D eigenvalue weighted by Crippen LogP contribution is 2.62. The van der Waals surface area contributed by atoms with Crippen LogP contribution in [-0.4, -0.2) is 40.0 Å². The second-order valence-corrected chi connectivity index (χ2v) is 13.3. The summed E-state index contributed by atoms with van der Waals surface area (Å²) >= 11 is 0. The summed E-state index contributed by atoms with van der Waals surface area (Å²) in [6.07, 6.45) is 11.3. The molecule has 0 radical (unpaired) electrons. The molecule has 0 saturated carbocycles. The zero-order valence-corrected chi connectivity index (χ0v) is 10.3. The van der Waals surface area contributed by atoms with Crippen LogP contribution in [0.25, 0.3) is 0 Å². The molecule has 0 N–H and O–H groups in total. The number of rotatable bonds is 2. The van der Waals surface area contributed by atoms with E-state index in [1.807, 2.05) is 4.68 Å². The van der Waals surface area contributed by atoms with E-state index in [1.54, 1.807) is 0 Å². The first-order chi connectivity index (χ1) is 5.67. The monoisotopic (exact) mass is 203 g/mol. The van der Waals surface area contributed by atoms with Crippen molar-refractivity contribution in [2.45, 2.75) is 24.9 Å². The van der Waals surface area contributed by atoms with Crippen LogP contribution in [0.2, 0.25) is 0 Å². The molecule has 13 heavy (non-hydrogen) atoms. The Morgan fingerprint density at radius 3 is 2.00 bits per heavy atom. The van der Waals surface area contributed by atoms with Gasteiger partial charge in [-0.1, -0.05) is 5.21 Å². The predicted molar refractivity (Wildman–Crippen MR) is 61.4 cm³/mol. The third kappa shape index (κ3) is 2.46. The first-order valence-electron chi connectivity index (χ1n) is 4.60. The molecule has 1 aromatic rings. The minimum atomic E-state index is -1.71. The largest absolute Gasteiger partial charge is 0.254 e. The Hall–Kier alpha value is -0.510. The van der Waals surface area contributed by atoms with Crippen LogP contribution in [0.1, 0.15) is 19.9 Å². The van der Waals surface area contributed by atoms with E-state index in [0.29, 0.717) is 6.04 Å². The van der Waals surface area contributed by atoms with Gasteiger partial charge in [-0.2, -0.15) is 0 Å². The van der Waals surface area contributed by atoms with Crippen LogP contribution in [0.4, 0.5) is 0 Å². The Morgan fingerprint density at radius 2 is 1.77 bits per heavy atom. The lowest BCUT2D eigenvalue weighted by Gasteiger charge is -2.44. The van der Waals surface area contributed by atoms with Gasteiger partial charge in [-0.05, 0) is 38.9 Å². The van der Waals surface area contributed by atoms with Gasteiger partial charge in [0.2, 0.25) is 0 Å². The Morgan fingerprint density at radius 1 is 1.23 bits per heavy atom. The summed E-state index contributed by atoms with van der Waals surface area (Å²) in [6, 6.07) is 0.403. The number of nitrogens with zero attached hydrogens (tertiary/aromatic N) is 3. The number of hydrogen-bond acceptors (Lipinski definition) is 2. The second kappa shape index (κ2) is 2.74. The minimum absolute atomic E-state index is 0.403. The molecular weight excluding hydrogens is 182 g/mol. The molecule has 0 fully saturated rings. The van der Waals surface area contributed by atoms with E-state index in [9.17, 15) is 0 Å². The average Bonchev–Trinajstić information content (AvgIpc) is 2.28. The van der Waals surface area contributed by atoms with Crippen molar-refractivity contribution in [3.8, 4) is 0 Å². The van der Waals surface area contributed by atoms with Crippen molar-refractivity contribution in [2.24, 2.45) is 0 Å². The fourth-order valence-electron chi connectivity index (χ4n) is 0.930. The Labute approximate surface area is 80.8 Å². The molecule has 0 aliphatic carbocycles. The average molecular weight is 203 g/mol. The van der Waals surface area contributed by atoms with Gasteiger partial charge in [-0.25, -0.2) is 4.68 Å². The summed E-state index contributed by atoms with van der Waals surface area (Å²) in [4.78, 5) is 0. The number of thiol groups is 1. The molecule has 0 aliphatic heterocycles. The van der Waals surface area contributed by atoms with Crippen LogP contribution in [-0.2, 0) is 0 Å². The van der Waals surface area contributed by atoms with Gasteiger partial charge in [0.1, 0.15) is 5.03 Å². The van der Waals surface area contributed by atoms with Crippen molar-refractivity contribution in [3.05, 3.63) is 6.20 Å². The van der Waals surface area contributed by atoms with E-state index in [-0.39, 0.29) is 0 Å². The summed E-state index contributed by atoms with van der Waals surface area (Å²) < 4.78 is 1.93. The lowest BCUT2D eigenvalue weighted by Crippen LogP contribution is -2.11. The molecule has 0 aliphatic rings. The molecule has 0 atom stereocenters. The molecule has 78 valence electrons. The Balaban J connectivity index is 3.07. The van der Waals surface area contributed by atoms with Crippen LogP contribution in [0.3, 0.4) is 0 Å². The van der Waals surface area contributed by atoms with E-state index in [2.05, 4.69) is 55.4 Å². The Bertz CT molecular complexity index is 297. The van der Waals surface area contributed by atoms with Crippen molar-refractivity contribution in [3.63, 3.8) is 0 Å². The third-order valence-corrected chi connectivity index (χ3v) is 3.98. The normalized spacial score (nSPS) is 15.8. The maximum Gasteiger partial charge on any atom is 0.106 e. The van der Waals surface area contributed by atoms with Gasteiger partial charge in [0.05, 0.1) is 6.20 Å². The zero-order chi connectivity index (χ0) is 10.3. The fourth-order valence-corrected chi connectivity index (χ4v) is 1.91. The number of aromatic nitrogens is 3. The van der Waals surface area contributed by atoms with Crippen LogP contribution >= 0.6 is 9.16 Å². The van der Waals surface area contributed by atoms with Crippen molar-refractivity contribution >= 4 is 9.16 Å². The van der Waals surface area contributed by atoms with E-state index in [4.69, 9.17) is 0 Å². The Kier molecular flexibility index (Phi) is 2.23. The molecule has 0 bridgehead atoms. The SMILES string of the molecule is CC(C)n1cc([SH](C)(C)(C)C)nn1. The highest BCUT2D eigenvalue weighted by atomic mass is 32.3. The summed E-state index contributed by atoms with van der Waals surface area (Å²) in [5, 5.41) is 9.54. The molecule has 0 aromatic carbocycles. The highest BCUT2D eigenvalue weighted by Gasteiger charge is 2.25. The molecule has 1 aromatic heterocycles. The van der Waals surface area contributed by atoms with Gasteiger partial charge in [0.15, 0.2) is 0 Å². The molecule has 0 saturated heterocycles. The van der Waals surface area contributed by atoms with Gasteiger partial charge >= 0.3 is 0 Å². The topological polar surface area (TPSA) is 30.7 Å². The van der Waals surface area contributed by atoms with Gasteiger partial charge in [-0.3, -0.25) is 9.16 Å². The third-order valence-electron chi connectivity index (χ3n) is 1.94. The van der Waals surface area contributed by atoms with Crippen LogP contribution in [0.5, 0.6) is 0 Å². The summed E-state index contributed by atoms with van der Waals surface area (Å²) in [7, 11) is -1.71. The smallest absolute Gasteiger partial charge is 0.106 e. The predicted octanol–water partition coefficient (Wildman–Crippen LogP) is 1.81. The first kappa shape index (κ1) is 10.6. The van der Waals surface area contributed by atoms with Crippen molar-refractivity contribution in [1.29, 1.82) is 0 Å². The zero-order valence-electron chi connectivity index (χ0n) is 9.44. The molecule has 0 spiro atoms. The van der Waals surface area contributed by atoms with E-state index in [1.165, 1.54) is 5.03 Å². The minimum Gasteiger partial charge on any atom is -0.254 e.